The molecule has 1 aliphatic rings. The summed E-state index contributed by atoms with van der Waals surface area (Å²) in [5, 5.41) is 0. The molecule has 1 rings (SSSR count). The molecule has 0 aromatic rings. The molecule has 0 bridgehead atoms. The fraction of sp³-hybridized carbons (Fsp3) is 0.938. The Balaban J connectivity index is 2.39. The SMILES string of the molecule is CCC1CCC(C(=O)CC(C)C(C)(C)C)CC1. The third-order valence-electron chi connectivity index (χ3n) is 4.87. The van der Waals surface area contributed by atoms with E-state index in [0.717, 1.165) is 25.2 Å². The summed E-state index contributed by atoms with van der Waals surface area (Å²) in [6, 6.07) is 0. The highest BCUT2D eigenvalue weighted by molar-refractivity contribution is 5.81. The summed E-state index contributed by atoms with van der Waals surface area (Å²) in [7, 11) is 0. The van der Waals surface area contributed by atoms with Crippen LogP contribution in [0, 0.1) is 23.2 Å². The van der Waals surface area contributed by atoms with Gasteiger partial charge in [0.1, 0.15) is 5.78 Å². The minimum absolute atomic E-state index is 0.260. The first-order chi connectivity index (χ1) is 7.84. The smallest absolute Gasteiger partial charge is 0.136 e. The molecule has 1 saturated carbocycles. The van der Waals surface area contributed by atoms with Gasteiger partial charge >= 0.3 is 0 Å². The van der Waals surface area contributed by atoms with Crippen LogP contribution < -0.4 is 0 Å². The van der Waals surface area contributed by atoms with E-state index in [1.807, 2.05) is 0 Å². The average Bonchev–Trinajstić information content (AvgIpc) is 2.27. The van der Waals surface area contributed by atoms with Crippen LogP contribution in [0.2, 0.25) is 0 Å². The van der Waals surface area contributed by atoms with Gasteiger partial charge in [-0.25, -0.2) is 0 Å². The maximum absolute atomic E-state index is 12.3. The number of carbonyl (C=O) groups excluding carboxylic acids is 1. The van der Waals surface area contributed by atoms with Crippen molar-refractivity contribution in [1.82, 2.24) is 0 Å². The summed E-state index contributed by atoms with van der Waals surface area (Å²) in [5.74, 6) is 2.29. The van der Waals surface area contributed by atoms with Crippen LogP contribution in [0.1, 0.15) is 73.1 Å². The molecule has 1 aliphatic carbocycles. The lowest BCUT2D eigenvalue weighted by atomic mass is 9.74. The molecule has 0 heterocycles. The quantitative estimate of drug-likeness (QED) is 0.684. The highest BCUT2D eigenvalue weighted by Gasteiger charge is 2.29. The molecule has 0 aliphatic heterocycles. The molecule has 1 nitrogen and oxygen atoms in total. The summed E-state index contributed by atoms with van der Waals surface area (Å²) in [6.45, 7) is 11.2. The second kappa shape index (κ2) is 6.02. The van der Waals surface area contributed by atoms with E-state index in [1.54, 1.807) is 0 Å². The number of hydrogen-bond acceptors (Lipinski definition) is 1. The van der Waals surface area contributed by atoms with Crippen molar-refractivity contribution in [1.29, 1.82) is 0 Å². The van der Waals surface area contributed by atoms with E-state index in [2.05, 4.69) is 34.6 Å². The largest absolute Gasteiger partial charge is 0.299 e. The summed E-state index contributed by atoms with van der Waals surface area (Å²) >= 11 is 0. The molecular formula is C16H30O. The molecule has 0 spiro atoms. The van der Waals surface area contributed by atoms with Gasteiger partial charge in [0, 0.05) is 12.3 Å². The fourth-order valence-corrected chi connectivity index (χ4v) is 2.67. The molecule has 1 unspecified atom stereocenters. The first-order valence-electron chi connectivity index (χ1n) is 7.37. The van der Waals surface area contributed by atoms with Crippen LogP contribution in [-0.2, 0) is 4.79 Å². The van der Waals surface area contributed by atoms with Crippen LogP contribution >= 0.6 is 0 Å². The molecule has 1 heteroatoms. The van der Waals surface area contributed by atoms with Gasteiger partial charge in [-0.1, -0.05) is 41.0 Å². The number of ketones is 1. The average molecular weight is 238 g/mol. The molecule has 0 aromatic carbocycles. The van der Waals surface area contributed by atoms with E-state index in [9.17, 15) is 4.79 Å². The lowest BCUT2D eigenvalue weighted by Gasteiger charge is -2.31. The first kappa shape index (κ1) is 14.7. The molecule has 1 atom stereocenters. The van der Waals surface area contributed by atoms with Gasteiger partial charge in [0.2, 0.25) is 0 Å². The van der Waals surface area contributed by atoms with Gasteiger partial charge in [0.05, 0.1) is 0 Å². The second-order valence-electron chi connectivity index (χ2n) is 7.06. The molecule has 17 heavy (non-hydrogen) atoms. The van der Waals surface area contributed by atoms with Crippen molar-refractivity contribution in [2.45, 2.75) is 73.1 Å². The van der Waals surface area contributed by atoms with Crippen LogP contribution in [0.15, 0.2) is 0 Å². The summed E-state index contributed by atoms with van der Waals surface area (Å²) in [5.41, 5.74) is 0.260. The van der Waals surface area contributed by atoms with Crippen LogP contribution in [0.5, 0.6) is 0 Å². The Morgan fingerprint density at radius 1 is 1.18 bits per heavy atom. The topological polar surface area (TPSA) is 17.1 Å². The molecular weight excluding hydrogens is 208 g/mol. The first-order valence-corrected chi connectivity index (χ1v) is 7.37. The molecule has 0 amide bonds. The standard InChI is InChI=1S/C16H30O/c1-6-13-7-9-14(10-8-13)15(17)11-12(2)16(3,4)5/h12-14H,6-11H2,1-5H3. The van der Waals surface area contributed by atoms with Crippen LogP contribution in [0.4, 0.5) is 0 Å². The van der Waals surface area contributed by atoms with E-state index in [1.165, 1.54) is 19.3 Å². The van der Waals surface area contributed by atoms with Crippen LogP contribution in [0.25, 0.3) is 0 Å². The van der Waals surface area contributed by atoms with Gasteiger partial charge < -0.3 is 0 Å². The van der Waals surface area contributed by atoms with Gasteiger partial charge in [0.25, 0.3) is 0 Å². The monoisotopic (exact) mass is 238 g/mol. The molecule has 0 radical (unpaired) electrons. The predicted molar refractivity (Wildman–Crippen MR) is 74.0 cm³/mol. The Morgan fingerprint density at radius 2 is 1.71 bits per heavy atom. The lowest BCUT2D eigenvalue weighted by Crippen LogP contribution is -2.27. The predicted octanol–water partition coefficient (Wildman–Crippen LogP) is 4.84. The second-order valence-corrected chi connectivity index (χ2v) is 7.06. The van der Waals surface area contributed by atoms with Crippen LogP contribution in [-0.4, -0.2) is 5.78 Å². The van der Waals surface area contributed by atoms with Crippen molar-refractivity contribution in [3.8, 4) is 0 Å². The Kier molecular flexibility index (Phi) is 5.22. The van der Waals surface area contributed by atoms with E-state index in [4.69, 9.17) is 0 Å². The van der Waals surface area contributed by atoms with E-state index < -0.39 is 0 Å². The van der Waals surface area contributed by atoms with Gasteiger partial charge in [-0.2, -0.15) is 0 Å². The summed E-state index contributed by atoms with van der Waals surface area (Å²) < 4.78 is 0. The summed E-state index contributed by atoms with van der Waals surface area (Å²) in [6.07, 6.45) is 6.92. The Bertz CT molecular complexity index is 241. The summed E-state index contributed by atoms with van der Waals surface area (Å²) in [4.78, 5) is 12.3. The third-order valence-corrected chi connectivity index (χ3v) is 4.87. The van der Waals surface area contributed by atoms with E-state index in [0.29, 0.717) is 17.6 Å². The zero-order valence-electron chi connectivity index (χ0n) is 12.4. The maximum Gasteiger partial charge on any atom is 0.136 e. The molecule has 0 N–H and O–H groups in total. The van der Waals surface area contributed by atoms with Gasteiger partial charge in [-0.3, -0.25) is 4.79 Å². The van der Waals surface area contributed by atoms with Crippen LogP contribution in [0.3, 0.4) is 0 Å². The van der Waals surface area contributed by atoms with Gasteiger partial charge in [0.15, 0.2) is 0 Å². The number of hydrogen-bond donors (Lipinski definition) is 0. The van der Waals surface area contributed by atoms with E-state index in [-0.39, 0.29) is 5.41 Å². The van der Waals surface area contributed by atoms with Crippen molar-refractivity contribution in [2.75, 3.05) is 0 Å². The minimum atomic E-state index is 0.260. The van der Waals surface area contributed by atoms with Crippen molar-refractivity contribution < 1.29 is 4.79 Å². The highest BCUT2D eigenvalue weighted by Crippen LogP contribution is 2.34. The van der Waals surface area contributed by atoms with Crippen molar-refractivity contribution in [3.05, 3.63) is 0 Å². The Morgan fingerprint density at radius 3 is 2.12 bits per heavy atom. The Labute approximate surface area is 107 Å². The van der Waals surface area contributed by atoms with Crippen molar-refractivity contribution in [3.63, 3.8) is 0 Å². The zero-order valence-corrected chi connectivity index (χ0v) is 12.4. The van der Waals surface area contributed by atoms with Crippen molar-refractivity contribution in [2.24, 2.45) is 23.2 Å². The lowest BCUT2D eigenvalue weighted by molar-refractivity contribution is -0.125. The molecule has 100 valence electrons. The molecule has 0 aromatic heterocycles. The number of carbonyl (C=O) groups is 1. The fourth-order valence-electron chi connectivity index (χ4n) is 2.67. The zero-order chi connectivity index (χ0) is 13.1. The third kappa shape index (κ3) is 4.44. The van der Waals surface area contributed by atoms with Crippen molar-refractivity contribution >= 4 is 5.78 Å². The Hall–Kier alpha value is -0.330. The normalized spacial score (nSPS) is 27.8. The molecule has 0 saturated heterocycles. The van der Waals surface area contributed by atoms with Gasteiger partial charge in [-0.15, -0.1) is 0 Å². The number of rotatable bonds is 4. The van der Waals surface area contributed by atoms with E-state index >= 15 is 0 Å². The molecule has 1 fully saturated rings. The maximum atomic E-state index is 12.3. The van der Waals surface area contributed by atoms with Gasteiger partial charge in [-0.05, 0) is 42.9 Å². The minimum Gasteiger partial charge on any atom is -0.299 e. The number of Topliss-reactive ketones (excluding diaryl/α,β-unsaturated/α-hetero) is 1. The highest BCUT2D eigenvalue weighted by atomic mass is 16.1.